The van der Waals surface area contributed by atoms with Crippen molar-refractivity contribution in [2.45, 2.75) is 0 Å². The van der Waals surface area contributed by atoms with E-state index in [9.17, 15) is 0 Å². The molecule has 6 heteroatoms. The number of hydrogen-bond donors (Lipinski definition) is 4. The molecule has 0 bridgehead atoms. The van der Waals surface area contributed by atoms with Gasteiger partial charge in [0.15, 0.2) is 0 Å². The number of nitrogens with one attached hydrogen (secondary N) is 1. The van der Waals surface area contributed by atoms with Crippen LogP contribution in [0.15, 0.2) is 52.9 Å². The normalized spacial score (nSPS) is 16.9. The fourth-order valence-corrected chi connectivity index (χ4v) is 1.65. The van der Waals surface area contributed by atoms with Gasteiger partial charge in [0.05, 0.1) is 29.4 Å². The number of benzene rings is 1. The summed E-state index contributed by atoms with van der Waals surface area (Å²) in [6.07, 6.45) is 3.06. The standard InChI is InChI=1S/C14H16N4O2/c15-9-1-3-10(4-2-9)18-13-8-14(20-6-5-19)12(17)7-11(13)16/h1-4,7-8,17,19H,5-6,15-16H2/b17-12?,18-13+. The maximum Gasteiger partial charge on any atom is 0.146 e. The van der Waals surface area contributed by atoms with E-state index < -0.39 is 0 Å². The summed E-state index contributed by atoms with van der Waals surface area (Å²) >= 11 is 0. The maximum absolute atomic E-state index is 8.76. The zero-order valence-electron chi connectivity index (χ0n) is 10.8. The molecule has 0 saturated heterocycles. The lowest BCUT2D eigenvalue weighted by Gasteiger charge is -2.14. The van der Waals surface area contributed by atoms with E-state index in [-0.39, 0.29) is 18.9 Å². The van der Waals surface area contributed by atoms with Crippen molar-refractivity contribution >= 4 is 22.8 Å². The molecule has 1 aromatic rings. The first kappa shape index (κ1) is 13.8. The van der Waals surface area contributed by atoms with Crippen molar-refractivity contribution in [2.24, 2.45) is 10.7 Å². The lowest BCUT2D eigenvalue weighted by molar-refractivity contribution is 0.156. The molecule has 0 fully saturated rings. The third-order valence-electron chi connectivity index (χ3n) is 2.62. The number of ether oxygens (including phenoxy) is 1. The largest absolute Gasteiger partial charge is 0.489 e. The maximum atomic E-state index is 8.76. The van der Waals surface area contributed by atoms with Crippen LogP contribution in [0.5, 0.6) is 0 Å². The molecule has 0 aliphatic heterocycles. The molecular weight excluding hydrogens is 256 g/mol. The number of rotatable bonds is 4. The summed E-state index contributed by atoms with van der Waals surface area (Å²) in [5, 5.41) is 16.5. The van der Waals surface area contributed by atoms with Crippen molar-refractivity contribution in [1.29, 1.82) is 5.41 Å². The van der Waals surface area contributed by atoms with Gasteiger partial charge in [-0.25, -0.2) is 4.99 Å². The molecule has 104 valence electrons. The van der Waals surface area contributed by atoms with Gasteiger partial charge in [0.25, 0.3) is 0 Å². The van der Waals surface area contributed by atoms with Crippen LogP contribution in [-0.4, -0.2) is 29.7 Å². The molecule has 0 saturated carbocycles. The highest BCUT2D eigenvalue weighted by Crippen LogP contribution is 2.18. The first-order valence-corrected chi connectivity index (χ1v) is 6.06. The number of aliphatic hydroxyl groups excluding tert-OH is 1. The van der Waals surface area contributed by atoms with E-state index in [0.29, 0.717) is 28.5 Å². The molecule has 2 rings (SSSR count). The first-order valence-electron chi connectivity index (χ1n) is 6.06. The molecule has 0 radical (unpaired) electrons. The quantitative estimate of drug-likeness (QED) is 0.485. The molecule has 0 heterocycles. The van der Waals surface area contributed by atoms with Gasteiger partial charge in [-0.2, -0.15) is 0 Å². The molecular formula is C14H16N4O2. The number of allylic oxidation sites excluding steroid dienone is 2. The SMILES string of the molecule is N=C1C=C(N)/C(=N/c2ccc(N)cc2)C=C1OCCO. The minimum atomic E-state index is -0.117. The van der Waals surface area contributed by atoms with Crippen LogP contribution >= 0.6 is 0 Å². The molecule has 0 amide bonds. The first-order chi connectivity index (χ1) is 9.60. The van der Waals surface area contributed by atoms with Crippen molar-refractivity contribution in [1.82, 2.24) is 0 Å². The third kappa shape index (κ3) is 3.24. The Kier molecular flexibility index (Phi) is 4.17. The summed E-state index contributed by atoms with van der Waals surface area (Å²) in [5.41, 5.74) is 13.9. The molecule has 0 atom stereocenters. The summed E-state index contributed by atoms with van der Waals surface area (Å²) < 4.78 is 5.27. The second-order valence-corrected chi connectivity index (χ2v) is 4.18. The number of nitrogens with zero attached hydrogens (tertiary/aromatic N) is 1. The predicted octanol–water partition coefficient (Wildman–Crippen LogP) is 1.11. The monoisotopic (exact) mass is 272 g/mol. The highest BCUT2D eigenvalue weighted by atomic mass is 16.5. The molecule has 0 spiro atoms. The number of nitrogen functional groups attached to an aromatic ring is 1. The summed E-state index contributed by atoms with van der Waals surface area (Å²) in [4.78, 5) is 4.39. The van der Waals surface area contributed by atoms with Crippen molar-refractivity contribution in [2.75, 3.05) is 18.9 Å². The highest BCUT2D eigenvalue weighted by Gasteiger charge is 2.15. The van der Waals surface area contributed by atoms with Crippen molar-refractivity contribution < 1.29 is 9.84 Å². The van der Waals surface area contributed by atoms with Crippen LogP contribution in [-0.2, 0) is 4.74 Å². The average molecular weight is 272 g/mol. The Balaban J connectivity index is 2.28. The topological polar surface area (TPSA) is 118 Å². The van der Waals surface area contributed by atoms with Gasteiger partial charge in [0.1, 0.15) is 12.4 Å². The van der Waals surface area contributed by atoms with E-state index in [1.165, 1.54) is 6.08 Å². The summed E-state index contributed by atoms with van der Waals surface area (Å²) in [6, 6.07) is 7.05. The molecule has 1 aliphatic rings. The smallest absolute Gasteiger partial charge is 0.146 e. The van der Waals surface area contributed by atoms with E-state index in [2.05, 4.69) is 4.99 Å². The van der Waals surface area contributed by atoms with Gasteiger partial charge in [-0.15, -0.1) is 0 Å². The summed E-state index contributed by atoms with van der Waals surface area (Å²) in [6.45, 7) is 0.00532. The van der Waals surface area contributed by atoms with Gasteiger partial charge in [-0.3, -0.25) is 5.41 Å². The van der Waals surface area contributed by atoms with Crippen LogP contribution in [0, 0.1) is 5.41 Å². The molecule has 1 aliphatic carbocycles. The minimum Gasteiger partial charge on any atom is -0.489 e. The summed E-state index contributed by atoms with van der Waals surface area (Å²) in [5.74, 6) is 0.336. The Morgan fingerprint density at radius 1 is 1.15 bits per heavy atom. The predicted molar refractivity (Wildman–Crippen MR) is 79.1 cm³/mol. The molecule has 6 nitrogen and oxygen atoms in total. The second kappa shape index (κ2) is 6.03. The fraction of sp³-hybridized carbons (Fsp3) is 0.143. The van der Waals surface area contributed by atoms with Crippen molar-refractivity contribution in [3.63, 3.8) is 0 Å². The fourth-order valence-electron chi connectivity index (χ4n) is 1.65. The van der Waals surface area contributed by atoms with E-state index in [0.717, 1.165) is 0 Å². The van der Waals surface area contributed by atoms with Crippen molar-refractivity contribution in [3.05, 3.63) is 47.9 Å². The zero-order chi connectivity index (χ0) is 14.5. The van der Waals surface area contributed by atoms with Gasteiger partial charge in [-0.05, 0) is 30.3 Å². The van der Waals surface area contributed by atoms with Gasteiger partial charge >= 0.3 is 0 Å². The van der Waals surface area contributed by atoms with E-state index in [1.54, 1.807) is 30.3 Å². The van der Waals surface area contributed by atoms with Gasteiger partial charge in [0, 0.05) is 11.8 Å². The van der Waals surface area contributed by atoms with E-state index in [1.807, 2.05) is 0 Å². The Bertz CT molecular complexity index is 600. The van der Waals surface area contributed by atoms with Crippen molar-refractivity contribution in [3.8, 4) is 0 Å². The lowest BCUT2D eigenvalue weighted by Crippen LogP contribution is -2.20. The van der Waals surface area contributed by atoms with Gasteiger partial charge < -0.3 is 21.3 Å². The number of nitrogens with two attached hydrogens (primary N) is 2. The second-order valence-electron chi connectivity index (χ2n) is 4.18. The van der Waals surface area contributed by atoms with Crippen LogP contribution in [0.2, 0.25) is 0 Å². The van der Waals surface area contributed by atoms with Crippen LogP contribution in [0.25, 0.3) is 0 Å². The van der Waals surface area contributed by atoms with Crippen LogP contribution in [0.4, 0.5) is 11.4 Å². The Hall–Kier alpha value is -2.60. The lowest BCUT2D eigenvalue weighted by atomic mass is 10.1. The molecule has 0 unspecified atom stereocenters. The van der Waals surface area contributed by atoms with Crippen LogP contribution < -0.4 is 11.5 Å². The Morgan fingerprint density at radius 3 is 2.50 bits per heavy atom. The molecule has 6 N–H and O–H groups in total. The number of anilines is 1. The number of hydrogen-bond acceptors (Lipinski definition) is 6. The van der Waals surface area contributed by atoms with Crippen LogP contribution in [0.3, 0.4) is 0 Å². The highest BCUT2D eigenvalue weighted by molar-refractivity contribution is 6.22. The molecule has 0 aromatic heterocycles. The molecule has 1 aromatic carbocycles. The van der Waals surface area contributed by atoms with E-state index >= 15 is 0 Å². The Labute approximate surface area is 116 Å². The van der Waals surface area contributed by atoms with E-state index in [4.69, 9.17) is 26.7 Å². The van der Waals surface area contributed by atoms with Crippen LogP contribution in [0.1, 0.15) is 0 Å². The molecule has 20 heavy (non-hydrogen) atoms. The number of aliphatic imine (C=N–C) groups is 1. The zero-order valence-corrected chi connectivity index (χ0v) is 10.8. The average Bonchev–Trinajstić information content (AvgIpc) is 2.43. The van der Waals surface area contributed by atoms with Gasteiger partial charge in [0.2, 0.25) is 0 Å². The van der Waals surface area contributed by atoms with Gasteiger partial charge in [-0.1, -0.05) is 0 Å². The summed E-state index contributed by atoms with van der Waals surface area (Å²) in [7, 11) is 0. The third-order valence-corrected chi connectivity index (χ3v) is 2.62. The minimum absolute atomic E-state index is 0.117. The number of aliphatic hydroxyl groups is 1. The Morgan fingerprint density at radius 2 is 1.85 bits per heavy atom.